The van der Waals surface area contributed by atoms with Gasteiger partial charge in [-0.25, -0.2) is 13.6 Å². The average molecular weight is 395 g/mol. The monoisotopic (exact) mass is 395 g/mol. The Bertz CT molecular complexity index is 1050. The minimum Gasteiger partial charge on any atom is -0.452 e. The maximum Gasteiger partial charge on any atom is 0.338 e. The van der Waals surface area contributed by atoms with Crippen molar-refractivity contribution >= 4 is 23.3 Å². The number of anilines is 1. The summed E-state index contributed by atoms with van der Waals surface area (Å²) in [6.45, 7) is -0.652. The number of carbonyl (C=O) groups excluding carboxylic acids is 3. The molecule has 0 spiro atoms. The Balaban J connectivity index is 1.56. The summed E-state index contributed by atoms with van der Waals surface area (Å²) in [5, 5.41) is 2.18. The Kier molecular flexibility index (Phi) is 6.09. The van der Waals surface area contributed by atoms with Crippen LogP contribution in [0.1, 0.15) is 26.3 Å². The van der Waals surface area contributed by atoms with Crippen molar-refractivity contribution in [1.82, 2.24) is 0 Å². The van der Waals surface area contributed by atoms with Gasteiger partial charge in [-0.3, -0.25) is 9.59 Å². The number of carbonyl (C=O) groups is 3. The molecule has 5 nitrogen and oxygen atoms in total. The predicted molar refractivity (Wildman–Crippen MR) is 102 cm³/mol. The molecule has 0 radical (unpaired) electrons. The second-order valence-corrected chi connectivity index (χ2v) is 6.02. The molecule has 0 fully saturated rings. The number of halogens is 2. The van der Waals surface area contributed by atoms with E-state index in [1.54, 1.807) is 30.3 Å². The van der Waals surface area contributed by atoms with Crippen LogP contribution in [0.4, 0.5) is 14.5 Å². The van der Waals surface area contributed by atoms with Gasteiger partial charge < -0.3 is 10.1 Å². The van der Waals surface area contributed by atoms with Crippen LogP contribution in [0.2, 0.25) is 0 Å². The minimum absolute atomic E-state index is 0.148. The summed E-state index contributed by atoms with van der Waals surface area (Å²) in [6, 6.07) is 17.2. The smallest absolute Gasteiger partial charge is 0.338 e. The number of amides is 1. The summed E-state index contributed by atoms with van der Waals surface area (Å²) in [4.78, 5) is 36.2. The standard InChI is InChI=1S/C22H15F2NO4/c23-17-10-11-19(18(24)12-17)25-20(26)13-29-22(28)16-8-6-15(7-9-16)21(27)14-4-2-1-3-5-14/h1-12H,13H2,(H,25,26). The van der Waals surface area contributed by atoms with E-state index in [1.165, 1.54) is 24.3 Å². The predicted octanol–water partition coefficient (Wildman–Crippen LogP) is 3.99. The molecule has 3 aromatic rings. The molecule has 0 saturated heterocycles. The largest absolute Gasteiger partial charge is 0.452 e. The molecule has 7 heteroatoms. The van der Waals surface area contributed by atoms with E-state index in [9.17, 15) is 23.2 Å². The van der Waals surface area contributed by atoms with Crippen molar-refractivity contribution in [3.63, 3.8) is 0 Å². The molecule has 1 amide bonds. The molecular formula is C22H15F2NO4. The first-order valence-corrected chi connectivity index (χ1v) is 8.56. The first-order valence-electron chi connectivity index (χ1n) is 8.56. The second-order valence-electron chi connectivity index (χ2n) is 6.02. The zero-order chi connectivity index (χ0) is 20.8. The molecule has 0 aliphatic carbocycles. The molecule has 0 aliphatic heterocycles. The van der Waals surface area contributed by atoms with Crippen molar-refractivity contribution in [3.8, 4) is 0 Å². The van der Waals surface area contributed by atoms with Crippen molar-refractivity contribution in [3.05, 3.63) is 101 Å². The lowest BCUT2D eigenvalue weighted by Gasteiger charge is -2.08. The number of hydrogen-bond acceptors (Lipinski definition) is 4. The number of nitrogens with one attached hydrogen (secondary N) is 1. The van der Waals surface area contributed by atoms with Crippen LogP contribution in [-0.4, -0.2) is 24.3 Å². The lowest BCUT2D eigenvalue weighted by atomic mass is 10.0. The quantitative estimate of drug-likeness (QED) is 0.506. The van der Waals surface area contributed by atoms with E-state index in [0.717, 1.165) is 12.1 Å². The van der Waals surface area contributed by atoms with Crippen LogP contribution in [0.5, 0.6) is 0 Å². The second kappa shape index (κ2) is 8.88. The molecule has 0 heterocycles. The van der Waals surface area contributed by atoms with E-state index < -0.39 is 30.1 Å². The van der Waals surface area contributed by atoms with E-state index >= 15 is 0 Å². The van der Waals surface area contributed by atoms with Gasteiger partial charge in [-0.05, 0) is 24.3 Å². The summed E-state index contributed by atoms with van der Waals surface area (Å²) in [7, 11) is 0. The van der Waals surface area contributed by atoms with Crippen molar-refractivity contribution in [1.29, 1.82) is 0 Å². The first kappa shape index (κ1) is 19.9. The summed E-state index contributed by atoms with van der Waals surface area (Å²) in [6.07, 6.45) is 0. The molecule has 0 bridgehead atoms. The number of ketones is 1. The molecule has 0 saturated carbocycles. The minimum atomic E-state index is -0.941. The Morgan fingerprint density at radius 3 is 2.07 bits per heavy atom. The van der Waals surface area contributed by atoms with Gasteiger partial charge in [-0.1, -0.05) is 42.5 Å². The Morgan fingerprint density at radius 2 is 1.41 bits per heavy atom. The highest BCUT2D eigenvalue weighted by Crippen LogP contribution is 2.15. The van der Waals surface area contributed by atoms with Gasteiger partial charge in [-0.15, -0.1) is 0 Å². The van der Waals surface area contributed by atoms with Gasteiger partial charge in [0.25, 0.3) is 5.91 Å². The lowest BCUT2D eigenvalue weighted by molar-refractivity contribution is -0.119. The SMILES string of the molecule is O=C(COC(=O)c1ccc(C(=O)c2ccccc2)cc1)Nc1ccc(F)cc1F. The van der Waals surface area contributed by atoms with Crippen LogP contribution in [0.3, 0.4) is 0 Å². The first-order chi connectivity index (χ1) is 13.9. The Hall–Kier alpha value is -3.87. The van der Waals surface area contributed by atoms with Gasteiger partial charge in [0.05, 0.1) is 11.3 Å². The van der Waals surface area contributed by atoms with Crippen molar-refractivity contribution in [2.24, 2.45) is 0 Å². The van der Waals surface area contributed by atoms with Gasteiger partial charge >= 0.3 is 5.97 Å². The molecule has 0 aliphatic rings. The van der Waals surface area contributed by atoms with Gasteiger partial charge in [0.2, 0.25) is 0 Å². The molecule has 3 aromatic carbocycles. The number of ether oxygens (including phenoxy) is 1. The lowest BCUT2D eigenvalue weighted by Crippen LogP contribution is -2.21. The van der Waals surface area contributed by atoms with Gasteiger partial charge in [0.1, 0.15) is 11.6 Å². The maximum absolute atomic E-state index is 13.5. The van der Waals surface area contributed by atoms with E-state index in [0.29, 0.717) is 17.2 Å². The topological polar surface area (TPSA) is 72.5 Å². The summed E-state index contributed by atoms with van der Waals surface area (Å²) in [5.74, 6) is -3.46. The van der Waals surface area contributed by atoms with Crippen LogP contribution < -0.4 is 5.32 Å². The summed E-state index contributed by atoms with van der Waals surface area (Å²) < 4.78 is 31.2. The highest BCUT2D eigenvalue weighted by atomic mass is 19.1. The van der Waals surface area contributed by atoms with Crippen molar-refractivity contribution in [2.45, 2.75) is 0 Å². The van der Waals surface area contributed by atoms with E-state index in [2.05, 4.69) is 5.32 Å². The van der Waals surface area contributed by atoms with Crippen molar-refractivity contribution < 1.29 is 27.9 Å². The molecule has 0 atom stereocenters. The average Bonchev–Trinajstić information content (AvgIpc) is 2.74. The third-order valence-corrected chi connectivity index (χ3v) is 3.96. The molecule has 1 N–H and O–H groups in total. The normalized spacial score (nSPS) is 10.3. The zero-order valence-electron chi connectivity index (χ0n) is 15.0. The number of benzene rings is 3. The number of hydrogen-bond donors (Lipinski definition) is 1. The molecule has 146 valence electrons. The van der Waals surface area contributed by atoms with Crippen molar-refractivity contribution in [2.75, 3.05) is 11.9 Å². The Morgan fingerprint density at radius 1 is 0.793 bits per heavy atom. The van der Waals surface area contributed by atoms with E-state index in [1.807, 2.05) is 0 Å². The van der Waals surface area contributed by atoms with E-state index in [4.69, 9.17) is 4.74 Å². The molecule has 0 unspecified atom stereocenters. The van der Waals surface area contributed by atoms with Gasteiger partial charge in [0.15, 0.2) is 12.4 Å². The van der Waals surface area contributed by atoms with Crippen LogP contribution in [0.25, 0.3) is 0 Å². The maximum atomic E-state index is 13.5. The third kappa shape index (κ3) is 5.10. The molecule has 0 aromatic heterocycles. The van der Waals surface area contributed by atoms with Crippen LogP contribution in [-0.2, 0) is 9.53 Å². The fourth-order valence-electron chi connectivity index (χ4n) is 2.51. The fourth-order valence-corrected chi connectivity index (χ4v) is 2.51. The fraction of sp³-hybridized carbons (Fsp3) is 0.0455. The van der Waals surface area contributed by atoms with Gasteiger partial charge in [-0.2, -0.15) is 0 Å². The Labute approximate surface area is 164 Å². The number of esters is 1. The highest BCUT2D eigenvalue weighted by molar-refractivity contribution is 6.09. The molecule has 3 rings (SSSR count). The highest BCUT2D eigenvalue weighted by Gasteiger charge is 2.14. The third-order valence-electron chi connectivity index (χ3n) is 3.96. The zero-order valence-corrected chi connectivity index (χ0v) is 15.0. The van der Waals surface area contributed by atoms with Crippen LogP contribution >= 0.6 is 0 Å². The van der Waals surface area contributed by atoms with Gasteiger partial charge in [0, 0.05) is 17.2 Å². The number of rotatable bonds is 6. The van der Waals surface area contributed by atoms with Crippen LogP contribution in [0.15, 0.2) is 72.8 Å². The van der Waals surface area contributed by atoms with Crippen LogP contribution in [0, 0.1) is 11.6 Å². The summed E-state index contributed by atoms with van der Waals surface area (Å²) >= 11 is 0. The molecule has 29 heavy (non-hydrogen) atoms. The van der Waals surface area contributed by atoms with E-state index in [-0.39, 0.29) is 17.0 Å². The summed E-state index contributed by atoms with van der Waals surface area (Å²) in [5.41, 5.74) is 0.844. The molecular weight excluding hydrogens is 380 g/mol.